The SMILES string of the molecule is C=CCOC(=O)N(CCN(Cc1ccccc1)C(=O)OCC=C)CCN(C)[C@H]1C[C@@H](C)O[C@@H](O[C@@H]2[C@@H](C)[C@H](OC3C[C@@](C)(OC)[C@@H](O)[C@H](C)O3)[C@@H](C)C(=O)O[C@H](CC)[C@@](C)(O)[C@H](O)[C@@H](C)[C@@H](O)[C@H](C)C[C@]2(C)O)[C@@H]1O. The minimum Gasteiger partial charge on any atom is -0.459 e. The molecule has 0 aliphatic carbocycles. The number of carbonyl (C=O) groups is 3. The normalized spacial score (nSPS) is 38.1. The van der Waals surface area contributed by atoms with Gasteiger partial charge in [-0.05, 0) is 79.3 Å². The van der Waals surface area contributed by atoms with Crippen LogP contribution in [0.4, 0.5) is 9.59 Å². The maximum Gasteiger partial charge on any atom is 0.410 e. The molecule has 75 heavy (non-hydrogen) atoms. The third-order valence-electron chi connectivity index (χ3n) is 15.7. The van der Waals surface area contributed by atoms with Crippen LogP contribution in [0.1, 0.15) is 100 Å². The quantitative estimate of drug-likeness (QED) is 0.0638. The third kappa shape index (κ3) is 16.4. The van der Waals surface area contributed by atoms with Crippen molar-refractivity contribution in [3.63, 3.8) is 0 Å². The third-order valence-corrected chi connectivity index (χ3v) is 15.7. The van der Waals surface area contributed by atoms with Crippen LogP contribution in [0, 0.1) is 23.7 Å². The first-order valence-corrected chi connectivity index (χ1v) is 26.5. The van der Waals surface area contributed by atoms with Gasteiger partial charge in [0.25, 0.3) is 0 Å². The van der Waals surface area contributed by atoms with Gasteiger partial charge in [-0.25, -0.2) is 9.59 Å². The Bertz CT molecular complexity index is 1960. The van der Waals surface area contributed by atoms with Crippen LogP contribution in [0.2, 0.25) is 0 Å². The predicted molar refractivity (Wildman–Crippen MR) is 278 cm³/mol. The standard InChI is InChI=1S/C55H91N3O17/c1-15-27-69-51(64)57(25-26-58(52(65)70-28-16-2)32-39-21-19-18-20-22-39)24-23-56(13)40-29-34(5)71-50(44(40)60)75-48-36(7)45(74-42-31-54(11,68-14)47(62)38(9)72-42)37(8)49(63)73-41(17-3)55(12,67)46(61)35(6)43(59)33(4)30-53(48,10)66/h15-16,18-22,33-38,40-48,50,59-62,66-67H,1-2,17,23-32H2,3-14H3/t33-,34-,35+,36+,37-,38+,40+,41-,42?,43+,44-,45+,46-,47+,48-,50+,53+,54-,55-/m1/s1. The predicted octanol–water partition coefficient (Wildman–Crippen LogP) is 4.40. The van der Waals surface area contributed by atoms with Crippen LogP contribution >= 0.6 is 0 Å². The van der Waals surface area contributed by atoms with Gasteiger partial charge in [0.1, 0.15) is 37.1 Å². The molecule has 3 fully saturated rings. The van der Waals surface area contributed by atoms with Gasteiger partial charge in [-0.1, -0.05) is 83.3 Å². The fourth-order valence-electron chi connectivity index (χ4n) is 11.0. The average Bonchev–Trinajstić information content (AvgIpc) is 3.37. The topological polar surface area (TPSA) is 256 Å². The van der Waals surface area contributed by atoms with E-state index < -0.39 is 132 Å². The van der Waals surface area contributed by atoms with E-state index in [1.54, 1.807) is 55.5 Å². The Labute approximate surface area is 444 Å². The molecule has 0 saturated carbocycles. The van der Waals surface area contributed by atoms with Crippen molar-refractivity contribution in [2.75, 3.05) is 53.6 Å². The number of hydrogen-bond acceptors (Lipinski definition) is 18. The Morgan fingerprint density at radius 1 is 0.800 bits per heavy atom. The van der Waals surface area contributed by atoms with Crippen LogP contribution in [-0.4, -0.2) is 207 Å². The number of methoxy groups -OCH3 is 1. The molecule has 2 amide bonds. The lowest BCUT2D eigenvalue weighted by Crippen LogP contribution is -2.61. The van der Waals surface area contributed by atoms with E-state index in [0.717, 1.165) is 5.56 Å². The fourth-order valence-corrected chi connectivity index (χ4v) is 11.0. The summed E-state index contributed by atoms with van der Waals surface area (Å²) in [6.07, 6.45) is -10.6. The summed E-state index contributed by atoms with van der Waals surface area (Å²) in [5.74, 6) is -4.59. The van der Waals surface area contributed by atoms with Gasteiger partial charge in [0.2, 0.25) is 0 Å². The molecule has 3 aliphatic heterocycles. The lowest BCUT2D eigenvalue weighted by atomic mass is 9.73. The number of esters is 1. The van der Waals surface area contributed by atoms with Gasteiger partial charge >= 0.3 is 18.2 Å². The highest BCUT2D eigenvalue weighted by Crippen LogP contribution is 2.41. The fraction of sp³-hybridized carbons (Fsp3) is 0.764. The van der Waals surface area contributed by atoms with Crippen LogP contribution in [0.5, 0.6) is 0 Å². The summed E-state index contributed by atoms with van der Waals surface area (Å²) in [5, 5.41) is 71.5. The van der Waals surface area contributed by atoms with Crippen LogP contribution in [-0.2, 0) is 49.2 Å². The highest BCUT2D eigenvalue weighted by molar-refractivity contribution is 5.73. The van der Waals surface area contributed by atoms with E-state index in [-0.39, 0.29) is 65.2 Å². The van der Waals surface area contributed by atoms with E-state index in [2.05, 4.69) is 13.2 Å². The molecule has 0 spiro atoms. The first-order chi connectivity index (χ1) is 35.2. The molecule has 1 aromatic rings. The van der Waals surface area contributed by atoms with Gasteiger partial charge in [-0.3, -0.25) is 9.69 Å². The smallest absolute Gasteiger partial charge is 0.410 e. The number of aliphatic hydroxyl groups is 6. The Balaban J connectivity index is 1.70. The number of rotatable bonds is 19. The molecule has 1 unspecified atom stereocenters. The number of cyclic esters (lactones) is 1. The summed E-state index contributed by atoms with van der Waals surface area (Å²) >= 11 is 0. The minimum atomic E-state index is -2.00. The second kappa shape index (κ2) is 28.2. The molecule has 6 N–H and O–H groups in total. The van der Waals surface area contributed by atoms with Crippen molar-refractivity contribution in [2.24, 2.45) is 23.7 Å². The number of ether oxygens (including phenoxy) is 8. The molecule has 20 nitrogen and oxygen atoms in total. The maximum atomic E-state index is 14.4. The van der Waals surface area contributed by atoms with Gasteiger partial charge in [-0.15, -0.1) is 0 Å². The van der Waals surface area contributed by atoms with Gasteiger partial charge in [-0.2, -0.15) is 0 Å². The zero-order valence-electron chi connectivity index (χ0n) is 46.5. The molecule has 0 radical (unpaired) electrons. The van der Waals surface area contributed by atoms with Crippen LogP contribution in [0.15, 0.2) is 55.6 Å². The summed E-state index contributed by atoms with van der Waals surface area (Å²) < 4.78 is 48.8. The van der Waals surface area contributed by atoms with E-state index in [9.17, 15) is 45.0 Å². The monoisotopic (exact) mass is 1070 g/mol. The van der Waals surface area contributed by atoms with Crippen LogP contribution < -0.4 is 0 Å². The molecule has 3 aliphatic rings. The van der Waals surface area contributed by atoms with Gasteiger partial charge in [0.15, 0.2) is 12.6 Å². The largest absolute Gasteiger partial charge is 0.459 e. The number of aliphatic hydroxyl groups excluding tert-OH is 4. The molecule has 1 aromatic carbocycles. The van der Waals surface area contributed by atoms with Gasteiger partial charge in [0, 0.05) is 64.1 Å². The van der Waals surface area contributed by atoms with Crippen LogP contribution in [0.25, 0.3) is 0 Å². The summed E-state index contributed by atoms with van der Waals surface area (Å²) in [5.41, 5.74) is -4.15. The van der Waals surface area contributed by atoms with Gasteiger partial charge in [0.05, 0.1) is 53.7 Å². The maximum absolute atomic E-state index is 14.4. The first kappa shape index (κ1) is 63.8. The molecule has 19 atom stereocenters. The molecule has 3 heterocycles. The Kier molecular flexibility index (Phi) is 24.0. The number of amides is 2. The van der Waals surface area contributed by atoms with Crippen molar-refractivity contribution in [2.45, 2.75) is 192 Å². The number of carbonyl (C=O) groups excluding carboxylic acids is 3. The molecule has 0 aromatic heterocycles. The van der Waals surface area contributed by atoms with Crippen molar-refractivity contribution < 1.29 is 82.9 Å². The molecule has 428 valence electrons. The first-order valence-electron chi connectivity index (χ1n) is 26.5. The summed E-state index contributed by atoms with van der Waals surface area (Å²) in [6.45, 7) is 24.3. The van der Waals surface area contributed by atoms with E-state index in [1.165, 1.54) is 42.9 Å². The van der Waals surface area contributed by atoms with E-state index in [4.69, 9.17) is 37.9 Å². The highest BCUT2D eigenvalue weighted by atomic mass is 16.7. The van der Waals surface area contributed by atoms with E-state index >= 15 is 0 Å². The Hall–Kier alpha value is -3.77. The number of hydrogen-bond donors (Lipinski definition) is 6. The van der Waals surface area contributed by atoms with Crippen molar-refractivity contribution in [1.29, 1.82) is 0 Å². The highest BCUT2D eigenvalue weighted by Gasteiger charge is 2.54. The zero-order valence-corrected chi connectivity index (χ0v) is 46.5. The lowest BCUT2D eigenvalue weighted by molar-refractivity contribution is -0.318. The number of benzene rings is 1. The summed E-state index contributed by atoms with van der Waals surface area (Å²) in [6, 6.07) is 8.73. The second-order valence-electron chi connectivity index (χ2n) is 21.8. The van der Waals surface area contributed by atoms with E-state index in [1.807, 2.05) is 42.2 Å². The molecule has 4 rings (SSSR count). The second-order valence-corrected chi connectivity index (χ2v) is 21.8. The average molecular weight is 1070 g/mol. The molecular weight excluding hydrogens is 975 g/mol. The van der Waals surface area contributed by atoms with Gasteiger partial charge < -0.3 is 78.3 Å². The summed E-state index contributed by atoms with van der Waals surface area (Å²) in [7, 11) is 3.26. The molecule has 20 heteroatoms. The molecule has 0 bridgehead atoms. The minimum absolute atomic E-state index is 0.00178. The Morgan fingerprint density at radius 3 is 1.97 bits per heavy atom. The summed E-state index contributed by atoms with van der Waals surface area (Å²) in [4.78, 5) is 46.0. The van der Waals surface area contributed by atoms with Crippen molar-refractivity contribution in [1.82, 2.24) is 14.7 Å². The lowest BCUT2D eigenvalue weighted by Gasteiger charge is -2.49. The Morgan fingerprint density at radius 2 is 1.39 bits per heavy atom. The zero-order chi connectivity index (χ0) is 56.2. The molecular formula is C55H91N3O17. The number of nitrogens with zero attached hydrogens (tertiary/aromatic N) is 3. The number of likely N-dealkylation sites (N-methyl/N-ethyl adjacent to an activating group) is 1. The van der Waals surface area contributed by atoms with Crippen molar-refractivity contribution >= 4 is 18.2 Å². The van der Waals surface area contributed by atoms with E-state index in [0.29, 0.717) is 6.42 Å². The van der Waals surface area contributed by atoms with Crippen molar-refractivity contribution in [3.05, 3.63) is 61.2 Å². The van der Waals surface area contributed by atoms with Crippen LogP contribution in [0.3, 0.4) is 0 Å². The molecule has 3 saturated heterocycles. The van der Waals surface area contributed by atoms with Crippen molar-refractivity contribution in [3.8, 4) is 0 Å².